The van der Waals surface area contributed by atoms with Crippen LogP contribution >= 0.6 is 0 Å². The predicted octanol–water partition coefficient (Wildman–Crippen LogP) is 1.34. The van der Waals surface area contributed by atoms with Crippen LogP contribution in [0.15, 0.2) is 0 Å². The molecule has 2 N–H and O–H groups in total. The van der Waals surface area contributed by atoms with Crippen molar-refractivity contribution >= 4 is 5.78 Å². The number of hydrazine groups is 1. The summed E-state index contributed by atoms with van der Waals surface area (Å²) in [7, 11) is 1.61. The highest BCUT2D eigenvalue weighted by molar-refractivity contribution is 5.81. The summed E-state index contributed by atoms with van der Waals surface area (Å²) in [6.45, 7) is 8.15. The Morgan fingerprint density at radius 3 is 2.47 bits per heavy atom. The van der Waals surface area contributed by atoms with Gasteiger partial charge in [-0.2, -0.15) is 0 Å². The van der Waals surface area contributed by atoms with Crippen LogP contribution in [0.1, 0.15) is 40.5 Å². The van der Waals surface area contributed by atoms with E-state index in [1.54, 1.807) is 12.1 Å². The minimum absolute atomic E-state index is 0.115. The summed E-state index contributed by atoms with van der Waals surface area (Å²) >= 11 is 0. The lowest BCUT2D eigenvalue weighted by Crippen LogP contribution is -2.43. The zero-order valence-electron chi connectivity index (χ0n) is 10.5. The summed E-state index contributed by atoms with van der Waals surface area (Å²) in [6, 6.07) is 0.236. The smallest absolute Gasteiger partial charge is 0.151 e. The third-order valence-electron chi connectivity index (χ3n) is 2.69. The van der Waals surface area contributed by atoms with Gasteiger partial charge in [-0.25, -0.2) is 5.01 Å². The van der Waals surface area contributed by atoms with E-state index in [1.165, 1.54) is 0 Å². The van der Waals surface area contributed by atoms with Gasteiger partial charge in [0.15, 0.2) is 5.78 Å². The molecule has 0 heterocycles. The maximum absolute atomic E-state index is 11.6. The molecule has 0 saturated carbocycles. The first kappa shape index (κ1) is 14.6. The SMILES string of the molecule is CCC(C)N(N)CC(=O)CC(C)(C)OC. The number of hydrogen-bond donors (Lipinski definition) is 1. The molecular formula is C11H24N2O2. The molecule has 4 nitrogen and oxygen atoms in total. The number of rotatable bonds is 7. The standard InChI is InChI=1S/C11H24N2O2/c1-6-9(2)13(12)8-10(14)7-11(3,4)15-5/h9H,6-8,12H2,1-5H3. The van der Waals surface area contributed by atoms with Crippen molar-refractivity contribution in [2.45, 2.75) is 52.2 Å². The number of ketones is 1. The average Bonchev–Trinajstić information content (AvgIpc) is 2.15. The Bertz CT molecular complexity index is 205. The Morgan fingerprint density at radius 2 is 2.07 bits per heavy atom. The highest BCUT2D eigenvalue weighted by atomic mass is 16.5. The van der Waals surface area contributed by atoms with Gasteiger partial charge in [0.1, 0.15) is 0 Å². The van der Waals surface area contributed by atoms with E-state index in [1.807, 2.05) is 27.7 Å². The molecule has 1 atom stereocenters. The lowest BCUT2D eigenvalue weighted by molar-refractivity contribution is -0.125. The van der Waals surface area contributed by atoms with Gasteiger partial charge in [-0.15, -0.1) is 0 Å². The molecule has 0 amide bonds. The molecule has 0 aliphatic carbocycles. The van der Waals surface area contributed by atoms with E-state index in [0.29, 0.717) is 13.0 Å². The van der Waals surface area contributed by atoms with Gasteiger partial charge in [0.05, 0.1) is 12.1 Å². The Hall–Kier alpha value is -0.450. The first-order chi connectivity index (χ1) is 6.82. The first-order valence-corrected chi connectivity index (χ1v) is 5.40. The molecular weight excluding hydrogens is 192 g/mol. The van der Waals surface area contributed by atoms with Crippen molar-refractivity contribution in [1.29, 1.82) is 0 Å². The van der Waals surface area contributed by atoms with Gasteiger partial charge >= 0.3 is 0 Å². The van der Waals surface area contributed by atoms with E-state index in [0.717, 1.165) is 6.42 Å². The summed E-state index contributed by atoms with van der Waals surface area (Å²) in [5.74, 6) is 5.88. The average molecular weight is 216 g/mol. The molecule has 0 bridgehead atoms. The van der Waals surface area contributed by atoms with Crippen LogP contribution in [-0.2, 0) is 9.53 Å². The summed E-state index contributed by atoms with van der Waals surface area (Å²) in [4.78, 5) is 11.6. The number of nitrogens with zero attached hydrogens (tertiary/aromatic N) is 1. The lowest BCUT2D eigenvalue weighted by atomic mass is 10.0. The molecule has 0 aromatic rings. The number of carbonyl (C=O) groups is 1. The normalized spacial score (nSPS) is 14.3. The fraction of sp³-hybridized carbons (Fsp3) is 0.909. The highest BCUT2D eigenvalue weighted by Crippen LogP contribution is 2.13. The van der Waals surface area contributed by atoms with Crippen LogP contribution in [0.25, 0.3) is 0 Å². The Labute approximate surface area is 92.7 Å². The Balaban J connectivity index is 4.04. The molecule has 0 fully saturated rings. The largest absolute Gasteiger partial charge is 0.378 e. The molecule has 0 aromatic heterocycles. The summed E-state index contributed by atoms with van der Waals surface area (Å²) in [5.41, 5.74) is -0.395. The highest BCUT2D eigenvalue weighted by Gasteiger charge is 2.22. The molecule has 0 spiro atoms. The number of methoxy groups -OCH3 is 1. The van der Waals surface area contributed by atoms with Gasteiger partial charge in [-0.05, 0) is 27.2 Å². The van der Waals surface area contributed by atoms with Crippen molar-refractivity contribution < 1.29 is 9.53 Å². The second-order valence-electron chi connectivity index (χ2n) is 4.61. The van der Waals surface area contributed by atoms with E-state index >= 15 is 0 Å². The quantitative estimate of drug-likeness (QED) is 0.515. The molecule has 15 heavy (non-hydrogen) atoms. The summed E-state index contributed by atoms with van der Waals surface area (Å²) in [6.07, 6.45) is 1.34. The zero-order chi connectivity index (χ0) is 12.1. The summed E-state index contributed by atoms with van der Waals surface area (Å²) in [5, 5.41) is 1.59. The molecule has 0 aliphatic heterocycles. The van der Waals surface area contributed by atoms with Crippen LogP contribution in [-0.4, -0.2) is 36.1 Å². The van der Waals surface area contributed by atoms with Crippen LogP contribution in [0.4, 0.5) is 0 Å². The fourth-order valence-corrected chi connectivity index (χ4v) is 1.20. The molecule has 0 saturated heterocycles. The van der Waals surface area contributed by atoms with E-state index < -0.39 is 5.60 Å². The second kappa shape index (κ2) is 6.20. The van der Waals surface area contributed by atoms with Gasteiger partial charge in [0.25, 0.3) is 0 Å². The maximum Gasteiger partial charge on any atom is 0.151 e. The van der Waals surface area contributed by atoms with Crippen LogP contribution in [0, 0.1) is 0 Å². The van der Waals surface area contributed by atoms with Gasteiger partial charge < -0.3 is 4.74 Å². The maximum atomic E-state index is 11.6. The number of ether oxygens (including phenoxy) is 1. The molecule has 1 unspecified atom stereocenters. The zero-order valence-corrected chi connectivity index (χ0v) is 10.5. The van der Waals surface area contributed by atoms with Crippen molar-refractivity contribution in [3.8, 4) is 0 Å². The van der Waals surface area contributed by atoms with Crippen molar-refractivity contribution in [2.24, 2.45) is 5.84 Å². The predicted molar refractivity (Wildman–Crippen MR) is 61.4 cm³/mol. The van der Waals surface area contributed by atoms with Crippen LogP contribution in [0.3, 0.4) is 0 Å². The number of carbonyl (C=O) groups excluding carboxylic acids is 1. The third-order valence-corrected chi connectivity index (χ3v) is 2.69. The van der Waals surface area contributed by atoms with E-state index in [2.05, 4.69) is 0 Å². The van der Waals surface area contributed by atoms with Gasteiger partial charge in [0, 0.05) is 19.6 Å². The van der Waals surface area contributed by atoms with Crippen molar-refractivity contribution in [1.82, 2.24) is 5.01 Å². The lowest BCUT2D eigenvalue weighted by Gasteiger charge is -2.25. The van der Waals surface area contributed by atoms with Gasteiger partial charge in [0.2, 0.25) is 0 Å². The van der Waals surface area contributed by atoms with E-state index in [4.69, 9.17) is 10.6 Å². The minimum atomic E-state index is -0.395. The number of nitrogens with two attached hydrogens (primary N) is 1. The van der Waals surface area contributed by atoms with Crippen molar-refractivity contribution in [3.05, 3.63) is 0 Å². The minimum Gasteiger partial charge on any atom is -0.378 e. The Morgan fingerprint density at radius 1 is 1.53 bits per heavy atom. The van der Waals surface area contributed by atoms with Crippen LogP contribution in [0.5, 0.6) is 0 Å². The molecule has 4 heteroatoms. The van der Waals surface area contributed by atoms with Gasteiger partial charge in [-0.1, -0.05) is 6.92 Å². The van der Waals surface area contributed by atoms with E-state index in [9.17, 15) is 4.79 Å². The van der Waals surface area contributed by atoms with Crippen LogP contribution < -0.4 is 5.84 Å². The molecule has 0 rings (SSSR count). The third kappa shape index (κ3) is 5.87. The summed E-state index contributed by atoms with van der Waals surface area (Å²) < 4.78 is 5.20. The molecule has 90 valence electrons. The van der Waals surface area contributed by atoms with Crippen LogP contribution in [0.2, 0.25) is 0 Å². The monoisotopic (exact) mass is 216 g/mol. The number of hydrogen-bond acceptors (Lipinski definition) is 4. The van der Waals surface area contributed by atoms with E-state index in [-0.39, 0.29) is 11.8 Å². The molecule has 0 aromatic carbocycles. The topological polar surface area (TPSA) is 55.6 Å². The first-order valence-electron chi connectivity index (χ1n) is 5.40. The number of Topliss-reactive ketones (excluding diaryl/α,β-unsaturated/α-hetero) is 1. The fourth-order valence-electron chi connectivity index (χ4n) is 1.20. The van der Waals surface area contributed by atoms with Crippen molar-refractivity contribution in [3.63, 3.8) is 0 Å². The molecule has 0 aliphatic rings. The molecule has 0 radical (unpaired) electrons. The van der Waals surface area contributed by atoms with Crippen molar-refractivity contribution in [2.75, 3.05) is 13.7 Å². The Kier molecular flexibility index (Phi) is 6.02. The second-order valence-corrected chi connectivity index (χ2v) is 4.61. The van der Waals surface area contributed by atoms with Gasteiger partial charge in [-0.3, -0.25) is 10.6 Å².